The average molecular weight is 286 g/mol. The number of anilines is 1. The maximum atomic E-state index is 11.8. The molecule has 0 fully saturated rings. The minimum absolute atomic E-state index is 0.122. The van der Waals surface area contributed by atoms with Crippen LogP contribution >= 0.6 is 0 Å². The van der Waals surface area contributed by atoms with Crippen molar-refractivity contribution in [3.05, 3.63) is 54.1 Å². The van der Waals surface area contributed by atoms with E-state index in [1.807, 2.05) is 43.3 Å². The Hall–Kier alpha value is -2.47. The number of carbonyl (C=O) groups excluding carboxylic acids is 1. The van der Waals surface area contributed by atoms with E-state index in [1.54, 1.807) is 0 Å². The quantitative estimate of drug-likeness (QED) is 0.857. The number of aliphatic hydroxyl groups excluding tert-OH is 1. The molecule has 0 radical (unpaired) electrons. The van der Waals surface area contributed by atoms with Gasteiger partial charge in [-0.05, 0) is 17.7 Å². The van der Waals surface area contributed by atoms with Crippen LogP contribution in [0, 0.1) is 0 Å². The van der Waals surface area contributed by atoms with Crippen LogP contribution in [-0.4, -0.2) is 41.6 Å². The van der Waals surface area contributed by atoms with E-state index < -0.39 is 6.10 Å². The van der Waals surface area contributed by atoms with Crippen molar-refractivity contribution >= 4 is 11.6 Å². The summed E-state index contributed by atoms with van der Waals surface area (Å²) in [6, 6.07) is 7.52. The summed E-state index contributed by atoms with van der Waals surface area (Å²) < 4.78 is 0. The number of aliphatic hydroxyl groups is 1. The summed E-state index contributed by atoms with van der Waals surface area (Å²) in [6.45, 7) is 0.122. The van der Waals surface area contributed by atoms with Crippen LogP contribution in [0.15, 0.2) is 42.9 Å². The zero-order chi connectivity index (χ0) is 15.2. The molecular weight excluding hydrogens is 268 g/mol. The van der Waals surface area contributed by atoms with Crippen LogP contribution in [0.5, 0.6) is 0 Å². The fraction of sp³-hybridized carbons (Fsp3) is 0.267. The van der Waals surface area contributed by atoms with Crippen LogP contribution in [0.2, 0.25) is 0 Å². The molecule has 0 bridgehead atoms. The molecule has 1 heterocycles. The van der Waals surface area contributed by atoms with Gasteiger partial charge in [0.2, 0.25) is 0 Å². The third-order valence-corrected chi connectivity index (χ3v) is 3.05. The van der Waals surface area contributed by atoms with Crippen molar-refractivity contribution in [1.82, 2.24) is 15.3 Å². The van der Waals surface area contributed by atoms with Gasteiger partial charge in [0.15, 0.2) is 0 Å². The van der Waals surface area contributed by atoms with Crippen LogP contribution in [0.1, 0.15) is 22.2 Å². The summed E-state index contributed by atoms with van der Waals surface area (Å²) in [6.07, 6.45) is 3.57. The second-order valence-electron chi connectivity index (χ2n) is 4.80. The first-order valence-electron chi connectivity index (χ1n) is 6.57. The van der Waals surface area contributed by atoms with Gasteiger partial charge in [0.05, 0.1) is 12.3 Å². The molecule has 0 aliphatic carbocycles. The number of hydrogen-bond acceptors (Lipinski definition) is 5. The lowest BCUT2D eigenvalue weighted by Crippen LogP contribution is -2.29. The maximum absolute atomic E-state index is 11.8. The molecule has 2 N–H and O–H groups in total. The third kappa shape index (κ3) is 4.00. The fourth-order valence-electron chi connectivity index (χ4n) is 1.81. The van der Waals surface area contributed by atoms with Crippen LogP contribution in [-0.2, 0) is 0 Å². The molecule has 0 spiro atoms. The Labute approximate surface area is 123 Å². The molecular formula is C15H18N4O2. The lowest BCUT2D eigenvalue weighted by molar-refractivity contribution is 0.0911. The van der Waals surface area contributed by atoms with Gasteiger partial charge in [-0.3, -0.25) is 9.78 Å². The summed E-state index contributed by atoms with van der Waals surface area (Å²) in [4.78, 5) is 21.5. The number of amides is 1. The summed E-state index contributed by atoms with van der Waals surface area (Å²) in [5, 5.41) is 12.7. The van der Waals surface area contributed by atoms with Gasteiger partial charge in [-0.15, -0.1) is 0 Å². The lowest BCUT2D eigenvalue weighted by Gasteiger charge is -2.15. The molecule has 21 heavy (non-hydrogen) atoms. The van der Waals surface area contributed by atoms with Gasteiger partial charge < -0.3 is 15.3 Å². The molecule has 0 aliphatic heterocycles. The van der Waals surface area contributed by atoms with Crippen molar-refractivity contribution in [3.8, 4) is 0 Å². The van der Waals surface area contributed by atoms with E-state index in [0.717, 1.165) is 11.3 Å². The standard InChI is InChI=1S/C15H18N4O2/c1-19(2)12-5-3-11(4-6-12)14(20)10-18-15(21)13-9-16-7-8-17-13/h3-9,14,20H,10H2,1-2H3,(H,18,21). The molecule has 6 nitrogen and oxygen atoms in total. The predicted octanol–water partition coefficient (Wildman–Crippen LogP) is 1.01. The van der Waals surface area contributed by atoms with E-state index >= 15 is 0 Å². The van der Waals surface area contributed by atoms with Crippen LogP contribution < -0.4 is 10.2 Å². The van der Waals surface area contributed by atoms with E-state index in [2.05, 4.69) is 15.3 Å². The van der Waals surface area contributed by atoms with Crippen LogP contribution in [0.4, 0.5) is 5.69 Å². The SMILES string of the molecule is CN(C)c1ccc(C(O)CNC(=O)c2cnccn2)cc1. The Morgan fingerprint density at radius 1 is 1.29 bits per heavy atom. The highest BCUT2D eigenvalue weighted by Gasteiger charge is 2.11. The summed E-state index contributed by atoms with van der Waals surface area (Å²) in [7, 11) is 3.90. The van der Waals surface area contributed by atoms with E-state index in [0.29, 0.717) is 0 Å². The van der Waals surface area contributed by atoms with Gasteiger partial charge in [0.25, 0.3) is 5.91 Å². The summed E-state index contributed by atoms with van der Waals surface area (Å²) in [5.41, 5.74) is 2.03. The maximum Gasteiger partial charge on any atom is 0.271 e. The summed E-state index contributed by atoms with van der Waals surface area (Å²) in [5.74, 6) is -0.355. The van der Waals surface area contributed by atoms with Crippen molar-refractivity contribution in [2.75, 3.05) is 25.5 Å². The van der Waals surface area contributed by atoms with Gasteiger partial charge in [-0.2, -0.15) is 0 Å². The highest BCUT2D eigenvalue weighted by molar-refractivity contribution is 5.91. The highest BCUT2D eigenvalue weighted by atomic mass is 16.3. The molecule has 1 unspecified atom stereocenters. The van der Waals surface area contributed by atoms with Crippen molar-refractivity contribution in [3.63, 3.8) is 0 Å². The largest absolute Gasteiger partial charge is 0.387 e. The average Bonchev–Trinajstić information content (AvgIpc) is 2.53. The van der Waals surface area contributed by atoms with Gasteiger partial charge >= 0.3 is 0 Å². The van der Waals surface area contributed by atoms with Crippen molar-refractivity contribution < 1.29 is 9.90 Å². The number of hydrogen-bond donors (Lipinski definition) is 2. The first kappa shape index (κ1) is 14.9. The highest BCUT2D eigenvalue weighted by Crippen LogP contribution is 2.17. The van der Waals surface area contributed by atoms with E-state index in [1.165, 1.54) is 18.6 Å². The Bertz CT molecular complexity index is 584. The van der Waals surface area contributed by atoms with E-state index in [-0.39, 0.29) is 18.1 Å². The normalized spacial score (nSPS) is 11.8. The van der Waals surface area contributed by atoms with E-state index in [9.17, 15) is 9.90 Å². The van der Waals surface area contributed by atoms with Crippen molar-refractivity contribution in [2.24, 2.45) is 0 Å². The molecule has 1 amide bonds. The Kier molecular flexibility index (Phi) is 4.84. The number of carbonyl (C=O) groups is 1. The molecule has 6 heteroatoms. The van der Waals surface area contributed by atoms with Crippen LogP contribution in [0.25, 0.3) is 0 Å². The fourth-order valence-corrected chi connectivity index (χ4v) is 1.81. The van der Waals surface area contributed by atoms with Gasteiger partial charge in [-0.25, -0.2) is 4.98 Å². The molecule has 1 aromatic carbocycles. The van der Waals surface area contributed by atoms with E-state index in [4.69, 9.17) is 0 Å². The lowest BCUT2D eigenvalue weighted by atomic mass is 10.1. The molecule has 2 rings (SSSR count). The minimum Gasteiger partial charge on any atom is -0.387 e. The first-order valence-corrected chi connectivity index (χ1v) is 6.57. The van der Waals surface area contributed by atoms with Crippen molar-refractivity contribution in [2.45, 2.75) is 6.10 Å². The van der Waals surface area contributed by atoms with Gasteiger partial charge in [-0.1, -0.05) is 12.1 Å². The molecule has 0 saturated carbocycles. The monoisotopic (exact) mass is 286 g/mol. The molecule has 0 aliphatic rings. The second-order valence-corrected chi connectivity index (χ2v) is 4.80. The van der Waals surface area contributed by atoms with Gasteiger partial charge in [0, 0.05) is 38.7 Å². The third-order valence-electron chi connectivity index (χ3n) is 3.05. The van der Waals surface area contributed by atoms with Crippen molar-refractivity contribution in [1.29, 1.82) is 0 Å². The Morgan fingerprint density at radius 3 is 2.57 bits per heavy atom. The molecule has 1 aromatic heterocycles. The van der Waals surface area contributed by atoms with Crippen LogP contribution in [0.3, 0.4) is 0 Å². The zero-order valence-electron chi connectivity index (χ0n) is 12.0. The zero-order valence-corrected chi connectivity index (χ0v) is 12.0. The number of aromatic nitrogens is 2. The topological polar surface area (TPSA) is 78.4 Å². The number of nitrogens with zero attached hydrogens (tertiary/aromatic N) is 3. The molecule has 110 valence electrons. The Morgan fingerprint density at radius 2 is 2.00 bits per heavy atom. The molecule has 2 aromatic rings. The smallest absolute Gasteiger partial charge is 0.271 e. The number of rotatable bonds is 5. The van der Waals surface area contributed by atoms with Gasteiger partial charge in [0.1, 0.15) is 5.69 Å². The minimum atomic E-state index is -0.762. The molecule has 1 atom stereocenters. The number of benzene rings is 1. The predicted molar refractivity (Wildman–Crippen MR) is 80.1 cm³/mol. The first-order chi connectivity index (χ1) is 10.1. The Balaban J connectivity index is 1.92. The second kappa shape index (κ2) is 6.81. The summed E-state index contributed by atoms with van der Waals surface area (Å²) >= 11 is 0. The number of nitrogens with one attached hydrogen (secondary N) is 1. The molecule has 0 saturated heterocycles.